The van der Waals surface area contributed by atoms with Gasteiger partial charge >= 0.3 is 5.97 Å². The van der Waals surface area contributed by atoms with Crippen molar-refractivity contribution >= 4 is 40.0 Å². The zero-order chi connectivity index (χ0) is 25.8. The summed E-state index contributed by atoms with van der Waals surface area (Å²) in [7, 11) is 3.04. The van der Waals surface area contributed by atoms with E-state index in [1.54, 1.807) is 54.8 Å². The van der Waals surface area contributed by atoms with Gasteiger partial charge in [-0.05, 0) is 36.8 Å². The van der Waals surface area contributed by atoms with E-state index in [1.807, 2.05) is 0 Å². The number of carbonyl (C=O) groups is 4. The highest BCUT2D eigenvalue weighted by Gasteiger charge is 2.35. The van der Waals surface area contributed by atoms with Gasteiger partial charge in [0.15, 0.2) is 11.5 Å². The van der Waals surface area contributed by atoms with Crippen LogP contribution in [0.25, 0.3) is 11.1 Å². The SMILES string of the molecule is CCOC(=O)c1c(-c2ccc(OC)c(OC)c2)csc1NC(=O)CCN1C(=O)c2ccccc2C1=O. The minimum atomic E-state index is -0.584. The number of esters is 1. The Morgan fingerprint density at radius 1 is 0.944 bits per heavy atom. The summed E-state index contributed by atoms with van der Waals surface area (Å²) >= 11 is 1.17. The number of hydrogen-bond acceptors (Lipinski definition) is 8. The molecule has 1 aromatic heterocycles. The Morgan fingerprint density at radius 2 is 1.61 bits per heavy atom. The molecule has 186 valence electrons. The third-order valence-electron chi connectivity index (χ3n) is 5.66. The summed E-state index contributed by atoms with van der Waals surface area (Å²) < 4.78 is 15.9. The van der Waals surface area contributed by atoms with Gasteiger partial charge in [-0.1, -0.05) is 18.2 Å². The summed E-state index contributed by atoms with van der Waals surface area (Å²) in [4.78, 5) is 51.8. The molecule has 9 nitrogen and oxygen atoms in total. The molecule has 1 aliphatic heterocycles. The molecule has 1 aliphatic rings. The Morgan fingerprint density at radius 3 is 2.22 bits per heavy atom. The first-order valence-corrected chi connectivity index (χ1v) is 12.0. The Balaban J connectivity index is 1.54. The van der Waals surface area contributed by atoms with E-state index in [1.165, 1.54) is 25.6 Å². The quantitative estimate of drug-likeness (QED) is 0.340. The van der Waals surface area contributed by atoms with E-state index >= 15 is 0 Å². The van der Waals surface area contributed by atoms with Crippen LogP contribution in [-0.2, 0) is 9.53 Å². The number of rotatable bonds is 9. The second-order valence-electron chi connectivity index (χ2n) is 7.75. The zero-order valence-electron chi connectivity index (χ0n) is 20.0. The maximum absolute atomic E-state index is 12.8. The Hall–Kier alpha value is -4.18. The molecule has 0 fully saturated rings. The predicted octanol–water partition coefficient (Wildman–Crippen LogP) is 4.23. The van der Waals surface area contributed by atoms with E-state index in [0.29, 0.717) is 38.8 Å². The average Bonchev–Trinajstić information content (AvgIpc) is 3.41. The van der Waals surface area contributed by atoms with Crippen LogP contribution in [0, 0.1) is 0 Å². The first-order chi connectivity index (χ1) is 17.4. The normalized spacial score (nSPS) is 12.4. The van der Waals surface area contributed by atoms with Crippen molar-refractivity contribution in [2.75, 3.05) is 32.7 Å². The maximum atomic E-state index is 12.8. The molecular formula is C26H24N2O7S. The molecule has 0 bridgehead atoms. The van der Waals surface area contributed by atoms with E-state index < -0.39 is 23.7 Å². The zero-order valence-corrected chi connectivity index (χ0v) is 20.8. The van der Waals surface area contributed by atoms with Gasteiger partial charge < -0.3 is 19.5 Å². The molecule has 36 heavy (non-hydrogen) atoms. The average molecular weight is 509 g/mol. The largest absolute Gasteiger partial charge is 0.493 e. The molecule has 0 spiro atoms. The van der Waals surface area contributed by atoms with Crippen LogP contribution in [0.2, 0.25) is 0 Å². The smallest absolute Gasteiger partial charge is 0.341 e. The third-order valence-corrected chi connectivity index (χ3v) is 6.55. The minimum Gasteiger partial charge on any atom is -0.493 e. The molecule has 3 amide bonds. The molecule has 4 rings (SSSR count). The number of fused-ring (bicyclic) bond motifs is 1. The first kappa shape index (κ1) is 24.9. The summed E-state index contributed by atoms with van der Waals surface area (Å²) in [6.45, 7) is 1.77. The minimum absolute atomic E-state index is 0.0825. The number of nitrogens with zero attached hydrogens (tertiary/aromatic N) is 1. The van der Waals surface area contributed by atoms with Crippen LogP contribution in [0.1, 0.15) is 44.4 Å². The van der Waals surface area contributed by atoms with Gasteiger partial charge in [-0.25, -0.2) is 4.79 Å². The van der Waals surface area contributed by atoms with Gasteiger partial charge in [-0.15, -0.1) is 11.3 Å². The summed E-state index contributed by atoms with van der Waals surface area (Å²) in [5.41, 5.74) is 2.10. The van der Waals surface area contributed by atoms with Crippen LogP contribution in [0.5, 0.6) is 11.5 Å². The van der Waals surface area contributed by atoms with Crippen molar-refractivity contribution in [2.24, 2.45) is 0 Å². The van der Waals surface area contributed by atoms with Gasteiger partial charge in [-0.2, -0.15) is 0 Å². The fraction of sp³-hybridized carbons (Fsp3) is 0.231. The van der Waals surface area contributed by atoms with E-state index in [4.69, 9.17) is 14.2 Å². The first-order valence-electron chi connectivity index (χ1n) is 11.2. The molecule has 10 heteroatoms. The number of ether oxygens (including phenoxy) is 3. The van der Waals surface area contributed by atoms with Gasteiger partial charge in [0.2, 0.25) is 5.91 Å². The van der Waals surface area contributed by atoms with Crippen molar-refractivity contribution in [1.29, 1.82) is 0 Å². The summed E-state index contributed by atoms with van der Waals surface area (Å²) in [5.74, 6) is -0.861. The van der Waals surface area contributed by atoms with Crippen molar-refractivity contribution in [2.45, 2.75) is 13.3 Å². The fourth-order valence-corrected chi connectivity index (χ4v) is 4.89. The lowest BCUT2D eigenvalue weighted by atomic mass is 10.0. The molecule has 0 unspecified atom stereocenters. The molecule has 0 aliphatic carbocycles. The number of methoxy groups -OCH3 is 2. The summed E-state index contributed by atoms with van der Waals surface area (Å²) in [5, 5.41) is 4.79. The number of imide groups is 1. The van der Waals surface area contributed by atoms with Crippen LogP contribution in [0.15, 0.2) is 47.8 Å². The van der Waals surface area contributed by atoms with Gasteiger partial charge in [0.05, 0.1) is 32.0 Å². The second-order valence-corrected chi connectivity index (χ2v) is 8.63. The number of thiophene rings is 1. The van der Waals surface area contributed by atoms with Crippen molar-refractivity contribution in [3.8, 4) is 22.6 Å². The van der Waals surface area contributed by atoms with E-state index in [2.05, 4.69) is 5.32 Å². The molecule has 0 atom stereocenters. The number of benzene rings is 2. The van der Waals surface area contributed by atoms with E-state index in [9.17, 15) is 19.2 Å². The van der Waals surface area contributed by atoms with Crippen molar-refractivity contribution < 1.29 is 33.4 Å². The van der Waals surface area contributed by atoms with Crippen LogP contribution >= 0.6 is 11.3 Å². The molecule has 0 radical (unpaired) electrons. The van der Waals surface area contributed by atoms with Crippen LogP contribution < -0.4 is 14.8 Å². The van der Waals surface area contributed by atoms with Crippen LogP contribution in [-0.4, -0.2) is 56.0 Å². The van der Waals surface area contributed by atoms with Crippen LogP contribution in [0.4, 0.5) is 5.00 Å². The van der Waals surface area contributed by atoms with Crippen molar-refractivity contribution in [1.82, 2.24) is 4.90 Å². The number of anilines is 1. The molecule has 2 aromatic carbocycles. The molecular weight excluding hydrogens is 484 g/mol. The highest BCUT2D eigenvalue weighted by molar-refractivity contribution is 7.15. The van der Waals surface area contributed by atoms with Crippen LogP contribution in [0.3, 0.4) is 0 Å². The Bertz CT molecular complexity index is 1310. The van der Waals surface area contributed by atoms with Gasteiger partial charge in [0.25, 0.3) is 11.8 Å². The molecule has 3 aromatic rings. The fourth-order valence-electron chi connectivity index (χ4n) is 3.92. The second kappa shape index (κ2) is 10.6. The standard InChI is InChI=1S/C26H24N2O7S/c1-4-35-26(32)22-18(15-9-10-19(33-2)20(13-15)34-3)14-36-23(22)27-21(29)11-12-28-24(30)16-7-5-6-8-17(16)25(28)31/h5-10,13-14H,4,11-12H2,1-3H3,(H,27,29). The van der Waals surface area contributed by atoms with Gasteiger partial charge in [-0.3, -0.25) is 19.3 Å². The van der Waals surface area contributed by atoms with Crippen molar-refractivity contribution in [3.63, 3.8) is 0 Å². The number of hydrogen-bond donors (Lipinski definition) is 1. The van der Waals surface area contributed by atoms with E-state index in [-0.39, 0.29) is 25.1 Å². The highest BCUT2D eigenvalue weighted by Crippen LogP contribution is 2.39. The molecule has 2 heterocycles. The maximum Gasteiger partial charge on any atom is 0.341 e. The lowest BCUT2D eigenvalue weighted by Crippen LogP contribution is -2.32. The highest BCUT2D eigenvalue weighted by atomic mass is 32.1. The Labute approximate surface area is 211 Å². The number of nitrogens with one attached hydrogen (secondary N) is 1. The molecule has 0 saturated heterocycles. The molecule has 1 N–H and O–H groups in total. The lowest BCUT2D eigenvalue weighted by Gasteiger charge is -2.14. The summed E-state index contributed by atoms with van der Waals surface area (Å²) in [6.07, 6.45) is -0.128. The lowest BCUT2D eigenvalue weighted by molar-refractivity contribution is -0.116. The Kier molecular flexibility index (Phi) is 7.35. The van der Waals surface area contributed by atoms with E-state index in [0.717, 1.165) is 4.90 Å². The van der Waals surface area contributed by atoms with Gasteiger partial charge in [0.1, 0.15) is 10.6 Å². The third kappa shape index (κ3) is 4.67. The topological polar surface area (TPSA) is 111 Å². The number of amides is 3. The van der Waals surface area contributed by atoms with Crippen molar-refractivity contribution in [3.05, 3.63) is 64.5 Å². The summed E-state index contributed by atoms with van der Waals surface area (Å²) in [6, 6.07) is 11.8. The molecule has 0 saturated carbocycles. The monoisotopic (exact) mass is 508 g/mol. The van der Waals surface area contributed by atoms with Gasteiger partial charge in [0, 0.05) is 23.9 Å². The number of carbonyl (C=O) groups excluding carboxylic acids is 4. The predicted molar refractivity (Wildman–Crippen MR) is 134 cm³/mol.